The number of carboxylic acid groups (broad SMARTS) is 1. The minimum absolute atomic E-state index is 0.235. The first-order valence-corrected chi connectivity index (χ1v) is 11.4. The minimum Gasteiger partial charge on any atom is -0.481 e. The van der Waals surface area contributed by atoms with Crippen molar-refractivity contribution in [2.24, 2.45) is 0 Å². The van der Waals surface area contributed by atoms with Gasteiger partial charge in [-0.1, -0.05) is 81.0 Å². The molecule has 0 radical (unpaired) electrons. The summed E-state index contributed by atoms with van der Waals surface area (Å²) in [6, 6.07) is 10.2. The fourth-order valence-corrected chi connectivity index (χ4v) is 4.10. The molecule has 1 unspecified atom stereocenters. The van der Waals surface area contributed by atoms with E-state index in [4.69, 9.17) is 5.11 Å². The van der Waals surface area contributed by atoms with Crippen molar-refractivity contribution in [1.82, 2.24) is 0 Å². The maximum absolute atomic E-state index is 12.9. The Labute approximate surface area is 177 Å². The van der Waals surface area contributed by atoms with Crippen molar-refractivity contribution in [3.63, 3.8) is 0 Å². The summed E-state index contributed by atoms with van der Waals surface area (Å²) in [7, 11) is 0. The molecule has 3 heteroatoms. The third-order valence-electron chi connectivity index (χ3n) is 5.98. The van der Waals surface area contributed by atoms with E-state index in [9.17, 15) is 9.59 Å². The van der Waals surface area contributed by atoms with Crippen LogP contribution in [0.3, 0.4) is 0 Å². The molecule has 3 nitrogen and oxygen atoms in total. The van der Waals surface area contributed by atoms with Gasteiger partial charge in [0.1, 0.15) is 5.78 Å². The van der Waals surface area contributed by atoms with Crippen LogP contribution in [0.4, 0.5) is 0 Å². The molecule has 0 amide bonds. The smallest absolute Gasteiger partial charge is 0.303 e. The van der Waals surface area contributed by atoms with Gasteiger partial charge in [0.05, 0.1) is 5.41 Å². The number of allylic oxidation sites excluding steroid dienone is 2. The monoisotopic (exact) mass is 400 g/mol. The van der Waals surface area contributed by atoms with Crippen LogP contribution >= 0.6 is 0 Å². The maximum atomic E-state index is 12.9. The zero-order valence-electron chi connectivity index (χ0n) is 18.7. The molecule has 1 atom stereocenters. The SMILES string of the molecule is CCCCCC(C)=CCCC(CCCCCCC(=O)O)(C(C)=O)c1ccccc1. The Hall–Kier alpha value is -1.90. The molecular weight excluding hydrogens is 360 g/mol. The predicted octanol–water partition coefficient (Wildman–Crippen LogP) is 7.25. The fraction of sp³-hybridized carbons (Fsp3) is 0.615. The third kappa shape index (κ3) is 9.43. The molecule has 0 saturated heterocycles. The van der Waals surface area contributed by atoms with Crippen LogP contribution in [0.2, 0.25) is 0 Å². The largest absolute Gasteiger partial charge is 0.481 e. The van der Waals surface area contributed by atoms with E-state index in [1.807, 2.05) is 18.2 Å². The van der Waals surface area contributed by atoms with E-state index in [1.54, 1.807) is 6.92 Å². The molecule has 0 saturated carbocycles. The molecule has 0 fully saturated rings. The molecule has 0 aliphatic carbocycles. The van der Waals surface area contributed by atoms with Gasteiger partial charge in [0.25, 0.3) is 0 Å². The van der Waals surface area contributed by atoms with Crippen LogP contribution in [0.25, 0.3) is 0 Å². The lowest BCUT2D eigenvalue weighted by molar-refractivity contribution is -0.137. The second kappa shape index (κ2) is 14.1. The van der Waals surface area contributed by atoms with E-state index in [2.05, 4.69) is 32.1 Å². The highest BCUT2D eigenvalue weighted by Gasteiger charge is 2.35. The number of carboxylic acids is 1. The van der Waals surface area contributed by atoms with Gasteiger partial charge in [0.2, 0.25) is 0 Å². The number of hydrogen-bond acceptors (Lipinski definition) is 2. The molecule has 0 aliphatic rings. The second-order valence-electron chi connectivity index (χ2n) is 8.36. The zero-order valence-corrected chi connectivity index (χ0v) is 18.7. The lowest BCUT2D eigenvalue weighted by atomic mass is 9.70. The summed E-state index contributed by atoms with van der Waals surface area (Å²) in [5.74, 6) is -0.486. The van der Waals surface area contributed by atoms with Crippen LogP contribution < -0.4 is 0 Å². The van der Waals surface area contributed by atoms with Crippen LogP contribution in [0.1, 0.15) is 103 Å². The van der Waals surface area contributed by atoms with Gasteiger partial charge in [-0.3, -0.25) is 9.59 Å². The quantitative estimate of drug-likeness (QED) is 0.235. The van der Waals surface area contributed by atoms with Gasteiger partial charge in [-0.25, -0.2) is 0 Å². The van der Waals surface area contributed by atoms with E-state index in [-0.39, 0.29) is 12.2 Å². The average molecular weight is 401 g/mol. The lowest BCUT2D eigenvalue weighted by Gasteiger charge is -2.32. The Bertz CT molecular complexity index is 633. The first-order chi connectivity index (χ1) is 13.9. The van der Waals surface area contributed by atoms with Crippen molar-refractivity contribution in [1.29, 1.82) is 0 Å². The second-order valence-corrected chi connectivity index (χ2v) is 8.36. The van der Waals surface area contributed by atoms with Gasteiger partial charge in [-0.2, -0.15) is 0 Å². The van der Waals surface area contributed by atoms with E-state index < -0.39 is 11.4 Å². The third-order valence-corrected chi connectivity index (χ3v) is 5.98. The summed E-state index contributed by atoms with van der Waals surface area (Å²) in [6.07, 6.45) is 13.6. The minimum atomic E-state index is -0.728. The molecular formula is C26H40O3. The maximum Gasteiger partial charge on any atom is 0.303 e. The van der Waals surface area contributed by atoms with Crippen molar-refractivity contribution in [3.8, 4) is 0 Å². The number of ketones is 1. The first kappa shape index (κ1) is 25.1. The number of hydrogen-bond donors (Lipinski definition) is 1. The Morgan fingerprint density at radius 2 is 1.55 bits per heavy atom. The van der Waals surface area contributed by atoms with Crippen molar-refractivity contribution >= 4 is 11.8 Å². The highest BCUT2D eigenvalue weighted by atomic mass is 16.4. The number of rotatable bonds is 16. The lowest BCUT2D eigenvalue weighted by Crippen LogP contribution is -2.34. The Kier molecular flexibility index (Phi) is 12.3. The Morgan fingerprint density at radius 1 is 0.897 bits per heavy atom. The van der Waals surface area contributed by atoms with Crippen molar-refractivity contribution in [2.75, 3.05) is 0 Å². The van der Waals surface area contributed by atoms with Gasteiger partial charge in [-0.05, 0) is 57.9 Å². The van der Waals surface area contributed by atoms with Gasteiger partial charge in [-0.15, -0.1) is 0 Å². The Balaban J connectivity index is 2.78. The molecule has 1 aromatic carbocycles. The number of carbonyl (C=O) groups is 2. The van der Waals surface area contributed by atoms with E-state index >= 15 is 0 Å². The van der Waals surface area contributed by atoms with Gasteiger partial charge in [0, 0.05) is 6.42 Å². The molecule has 0 bridgehead atoms. The summed E-state index contributed by atoms with van der Waals surface area (Å²) < 4.78 is 0. The summed E-state index contributed by atoms with van der Waals surface area (Å²) in [4.78, 5) is 23.5. The summed E-state index contributed by atoms with van der Waals surface area (Å²) >= 11 is 0. The average Bonchev–Trinajstić information content (AvgIpc) is 2.69. The van der Waals surface area contributed by atoms with Crippen molar-refractivity contribution in [2.45, 2.75) is 103 Å². The number of Topliss-reactive ketones (excluding diaryl/α,β-unsaturated/α-hetero) is 1. The number of unbranched alkanes of at least 4 members (excludes halogenated alkanes) is 5. The van der Waals surface area contributed by atoms with E-state index in [0.29, 0.717) is 6.42 Å². The van der Waals surface area contributed by atoms with Gasteiger partial charge < -0.3 is 5.11 Å². The standard InChI is InChI=1S/C26H40O3/c1-4-5-9-15-22(2)16-14-21-26(23(3)27,24-17-10-8-11-18-24)20-13-7-6-12-19-25(28)29/h8,10-11,16-18H,4-7,9,12-15,19-21H2,1-3H3,(H,28,29). The molecule has 0 heterocycles. The number of aliphatic carboxylic acids is 1. The van der Waals surface area contributed by atoms with Gasteiger partial charge in [0.15, 0.2) is 0 Å². The van der Waals surface area contributed by atoms with E-state index in [0.717, 1.165) is 50.5 Å². The predicted molar refractivity (Wildman–Crippen MR) is 121 cm³/mol. The zero-order chi connectivity index (χ0) is 21.5. The van der Waals surface area contributed by atoms with Crippen LogP contribution in [-0.4, -0.2) is 16.9 Å². The molecule has 0 aliphatic heterocycles. The summed E-state index contributed by atoms with van der Waals surface area (Å²) in [5, 5.41) is 8.78. The molecule has 1 rings (SSSR count). The summed E-state index contributed by atoms with van der Waals surface area (Å²) in [6.45, 7) is 6.16. The van der Waals surface area contributed by atoms with Gasteiger partial charge >= 0.3 is 5.97 Å². The molecule has 29 heavy (non-hydrogen) atoms. The molecule has 0 aromatic heterocycles. The highest BCUT2D eigenvalue weighted by Crippen LogP contribution is 2.36. The van der Waals surface area contributed by atoms with E-state index in [1.165, 1.54) is 24.8 Å². The van der Waals surface area contributed by atoms with Crippen LogP contribution in [0.15, 0.2) is 42.0 Å². The topological polar surface area (TPSA) is 54.4 Å². The van der Waals surface area contributed by atoms with Crippen molar-refractivity contribution < 1.29 is 14.7 Å². The highest BCUT2D eigenvalue weighted by molar-refractivity contribution is 5.88. The molecule has 162 valence electrons. The normalized spacial score (nSPS) is 13.8. The number of carbonyl (C=O) groups excluding carboxylic acids is 1. The fourth-order valence-electron chi connectivity index (χ4n) is 4.10. The van der Waals surface area contributed by atoms with Crippen LogP contribution in [0, 0.1) is 0 Å². The molecule has 1 aromatic rings. The van der Waals surface area contributed by atoms with Crippen LogP contribution in [-0.2, 0) is 15.0 Å². The van der Waals surface area contributed by atoms with Crippen LogP contribution in [0.5, 0.6) is 0 Å². The molecule has 1 N–H and O–H groups in total. The van der Waals surface area contributed by atoms with Crippen molar-refractivity contribution in [3.05, 3.63) is 47.5 Å². The number of benzene rings is 1. The Morgan fingerprint density at radius 3 is 2.17 bits per heavy atom. The summed E-state index contributed by atoms with van der Waals surface area (Å²) in [5.41, 5.74) is 2.11. The molecule has 0 spiro atoms. The first-order valence-electron chi connectivity index (χ1n) is 11.4.